The number of aromatic nitrogens is 1. The minimum Gasteiger partial charge on any atom is -0.455 e. The maximum atomic E-state index is 6.03. The van der Waals surface area contributed by atoms with E-state index in [0.717, 1.165) is 34.5 Å². The van der Waals surface area contributed by atoms with E-state index < -0.39 is 0 Å². The Morgan fingerprint density at radius 3 is 2.76 bits per heavy atom. The second-order valence-corrected chi connectivity index (χ2v) is 5.07. The predicted octanol–water partition coefficient (Wildman–Crippen LogP) is 3.84. The largest absolute Gasteiger partial charge is 0.455 e. The predicted molar refractivity (Wildman–Crippen MR) is 85.8 cm³/mol. The van der Waals surface area contributed by atoms with Crippen molar-refractivity contribution in [1.29, 1.82) is 0 Å². The molecule has 0 bridgehead atoms. The van der Waals surface area contributed by atoms with Crippen LogP contribution in [0.4, 0.5) is 0 Å². The maximum Gasteiger partial charge on any atom is 0.153 e. The van der Waals surface area contributed by atoms with Gasteiger partial charge in [0.05, 0.1) is 0 Å². The Hall–Kier alpha value is -2.39. The minimum atomic E-state index is 0.637. The van der Waals surface area contributed by atoms with Gasteiger partial charge in [0.1, 0.15) is 11.3 Å². The van der Waals surface area contributed by atoms with Crippen LogP contribution < -0.4 is 10.5 Å². The molecule has 3 heteroatoms. The number of hydrogen-bond donors (Lipinski definition) is 1. The lowest BCUT2D eigenvalue weighted by molar-refractivity contribution is 0.486. The number of rotatable bonds is 4. The normalized spacial score (nSPS) is 10.8. The van der Waals surface area contributed by atoms with Gasteiger partial charge in [-0.15, -0.1) is 0 Å². The molecule has 0 saturated heterocycles. The highest BCUT2D eigenvalue weighted by Crippen LogP contribution is 2.29. The van der Waals surface area contributed by atoms with Gasteiger partial charge in [-0.2, -0.15) is 0 Å². The summed E-state index contributed by atoms with van der Waals surface area (Å²) in [5.41, 5.74) is 8.66. The van der Waals surface area contributed by atoms with E-state index in [1.54, 1.807) is 0 Å². The van der Waals surface area contributed by atoms with Crippen LogP contribution in [0.3, 0.4) is 0 Å². The van der Waals surface area contributed by atoms with E-state index in [9.17, 15) is 0 Å². The maximum absolute atomic E-state index is 6.03. The van der Waals surface area contributed by atoms with Crippen molar-refractivity contribution < 1.29 is 4.74 Å². The number of ether oxygens (including phenoxy) is 1. The first-order valence-corrected chi connectivity index (χ1v) is 7.09. The summed E-state index contributed by atoms with van der Waals surface area (Å²) in [6.45, 7) is 2.62. The molecule has 0 radical (unpaired) electrons. The highest BCUT2D eigenvalue weighted by molar-refractivity contribution is 5.84. The van der Waals surface area contributed by atoms with E-state index in [1.165, 1.54) is 5.56 Å². The van der Waals surface area contributed by atoms with Gasteiger partial charge in [-0.05, 0) is 49.7 Å². The lowest BCUT2D eigenvalue weighted by atomic mass is 10.1. The first-order chi connectivity index (χ1) is 10.3. The van der Waals surface area contributed by atoms with Crippen LogP contribution >= 0.6 is 0 Å². The first-order valence-electron chi connectivity index (χ1n) is 7.09. The molecule has 2 N–H and O–H groups in total. The van der Waals surface area contributed by atoms with Crippen molar-refractivity contribution >= 4 is 10.9 Å². The Morgan fingerprint density at radius 2 is 1.90 bits per heavy atom. The van der Waals surface area contributed by atoms with Crippen molar-refractivity contribution in [2.45, 2.75) is 13.3 Å². The fourth-order valence-electron chi connectivity index (χ4n) is 2.36. The molecule has 1 aromatic heterocycles. The average Bonchev–Trinajstić information content (AvgIpc) is 2.49. The fourth-order valence-corrected chi connectivity index (χ4v) is 2.36. The van der Waals surface area contributed by atoms with Gasteiger partial charge < -0.3 is 10.5 Å². The van der Waals surface area contributed by atoms with Crippen LogP contribution in [0.1, 0.15) is 11.3 Å². The summed E-state index contributed by atoms with van der Waals surface area (Å²) in [6.07, 6.45) is 0.851. The Labute approximate surface area is 124 Å². The molecule has 21 heavy (non-hydrogen) atoms. The molecule has 0 aliphatic heterocycles. The standard InChI is InChI=1S/C18H18N2O/c1-13-8-9-15-5-3-7-17(18(15)20-13)21-16-6-2-4-14(12-16)10-11-19/h2-9,12H,10-11,19H2,1H3. The molecule has 0 saturated carbocycles. The Morgan fingerprint density at radius 1 is 1.05 bits per heavy atom. The number of benzene rings is 2. The molecule has 3 nitrogen and oxygen atoms in total. The van der Waals surface area contributed by atoms with E-state index in [2.05, 4.69) is 17.1 Å². The van der Waals surface area contributed by atoms with Gasteiger partial charge in [-0.1, -0.05) is 30.3 Å². The van der Waals surface area contributed by atoms with Crippen LogP contribution in [-0.2, 0) is 6.42 Å². The minimum absolute atomic E-state index is 0.637. The van der Waals surface area contributed by atoms with Crippen LogP contribution in [0.25, 0.3) is 10.9 Å². The lowest BCUT2D eigenvalue weighted by Gasteiger charge is -2.10. The molecule has 106 valence electrons. The third kappa shape index (κ3) is 3.03. The third-order valence-corrected chi connectivity index (χ3v) is 3.38. The first kappa shape index (κ1) is 13.6. The highest BCUT2D eigenvalue weighted by Gasteiger charge is 2.05. The van der Waals surface area contributed by atoms with Crippen molar-refractivity contribution in [1.82, 2.24) is 4.98 Å². The topological polar surface area (TPSA) is 48.1 Å². The van der Waals surface area contributed by atoms with Crippen LogP contribution in [0.2, 0.25) is 0 Å². The monoisotopic (exact) mass is 278 g/mol. The zero-order chi connectivity index (χ0) is 14.7. The Kier molecular flexibility index (Phi) is 3.84. The summed E-state index contributed by atoms with van der Waals surface area (Å²) in [6, 6.07) is 18.1. The van der Waals surface area contributed by atoms with Crippen LogP contribution in [0, 0.1) is 6.92 Å². The number of pyridine rings is 1. The molecule has 0 fully saturated rings. The van der Waals surface area contributed by atoms with E-state index in [1.807, 2.05) is 49.4 Å². The van der Waals surface area contributed by atoms with E-state index >= 15 is 0 Å². The molecule has 1 heterocycles. The van der Waals surface area contributed by atoms with Crippen molar-refractivity contribution in [3.8, 4) is 11.5 Å². The number of nitrogens with two attached hydrogens (primary N) is 1. The van der Waals surface area contributed by atoms with E-state index in [-0.39, 0.29) is 0 Å². The average molecular weight is 278 g/mol. The van der Waals surface area contributed by atoms with Gasteiger partial charge in [-0.3, -0.25) is 0 Å². The van der Waals surface area contributed by atoms with Gasteiger partial charge in [0.15, 0.2) is 5.75 Å². The molecule has 0 unspecified atom stereocenters. The number of nitrogens with zero attached hydrogens (tertiary/aromatic N) is 1. The molecular weight excluding hydrogens is 260 g/mol. The highest BCUT2D eigenvalue weighted by atomic mass is 16.5. The van der Waals surface area contributed by atoms with Gasteiger partial charge in [0, 0.05) is 11.1 Å². The molecule has 0 spiro atoms. The van der Waals surface area contributed by atoms with Crippen LogP contribution in [0.5, 0.6) is 11.5 Å². The summed E-state index contributed by atoms with van der Waals surface area (Å²) in [4.78, 5) is 4.59. The molecule has 3 aromatic rings. The van der Waals surface area contributed by atoms with Crippen LogP contribution in [-0.4, -0.2) is 11.5 Å². The lowest BCUT2D eigenvalue weighted by Crippen LogP contribution is -2.02. The van der Waals surface area contributed by atoms with Crippen molar-refractivity contribution in [2.75, 3.05) is 6.54 Å². The third-order valence-electron chi connectivity index (χ3n) is 3.38. The van der Waals surface area contributed by atoms with E-state index in [4.69, 9.17) is 10.5 Å². The number of aryl methyl sites for hydroxylation is 1. The number of fused-ring (bicyclic) bond motifs is 1. The molecule has 3 rings (SSSR count). The molecular formula is C18H18N2O. The summed E-state index contributed by atoms with van der Waals surface area (Å²) < 4.78 is 6.03. The molecule has 2 aromatic carbocycles. The van der Waals surface area contributed by atoms with Crippen LogP contribution in [0.15, 0.2) is 54.6 Å². The SMILES string of the molecule is Cc1ccc2cccc(Oc3cccc(CCN)c3)c2n1. The van der Waals surface area contributed by atoms with E-state index in [0.29, 0.717) is 6.54 Å². The zero-order valence-electron chi connectivity index (χ0n) is 12.0. The summed E-state index contributed by atoms with van der Waals surface area (Å²) in [5, 5.41) is 1.08. The van der Waals surface area contributed by atoms with Crippen molar-refractivity contribution in [3.05, 3.63) is 65.9 Å². The summed E-state index contributed by atoms with van der Waals surface area (Å²) >= 11 is 0. The molecule has 0 atom stereocenters. The van der Waals surface area contributed by atoms with Gasteiger partial charge in [0.2, 0.25) is 0 Å². The zero-order valence-corrected chi connectivity index (χ0v) is 12.0. The molecule has 0 aliphatic carbocycles. The number of para-hydroxylation sites is 1. The van der Waals surface area contributed by atoms with Crippen molar-refractivity contribution in [2.24, 2.45) is 5.73 Å². The van der Waals surface area contributed by atoms with Gasteiger partial charge in [0.25, 0.3) is 0 Å². The summed E-state index contributed by atoms with van der Waals surface area (Å²) in [7, 11) is 0. The Bertz CT molecular complexity index is 768. The van der Waals surface area contributed by atoms with Crippen molar-refractivity contribution in [3.63, 3.8) is 0 Å². The number of hydrogen-bond acceptors (Lipinski definition) is 3. The van der Waals surface area contributed by atoms with Gasteiger partial charge >= 0.3 is 0 Å². The second-order valence-electron chi connectivity index (χ2n) is 5.07. The summed E-state index contributed by atoms with van der Waals surface area (Å²) in [5.74, 6) is 1.60. The smallest absolute Gasteiger partial charge is 0.153 e. The molecule has 0 amide bonds. The second kappa shape index (κ2) is 5.94. The van der Waals surface area contributed by atoms with Gasteiger partial charge in [-0.25, -0.2) is 4.98 Å². The fraction of sp³-hybridized carbons (Fsp3) is 0.167. The Balaban J connectivity index is 1.98. The molecule has 0 aliphatic rings. The quantitative estimate of drug-likeness (QED) is 0.789.